The number of benzene rings is 1. The van der Waals surface area contributed by atoms with Crippen molar-refractivity contribution in [2.24, 2.45) is 5.41 Å². The molecule has 108 valence electrons. The SMILES string of the molecule is CCC(=O)C1=C(c2ccccc2C)N(C)CCC1(C)C. The molecule has 1 aliphatic rings. The molecular formula is C18H25NO. The second-order valence-corrected chi connectivity index (χ2v) is 6.37. The van der Waals surface area contributed by atoms with Crippen molar-refractivity contribution in [1.82, 2.24) is 4.90 Å². The van der Waals surface area contributed by atoms with Gasteiger partial charge in [0.2, 0.25) is 0 Å². The Bertz CT molecular complexity index is 554. The summed E-state index contributed by atoms with van der Waals surface area (Å²) in [6.07, 6.45) is 1.60. The molecule has 0 fully saturated rings. The first-order valence-corrected chi connectivity index (χ1v) is 7.43. The summed E-state index contributed by atoms with van der Waals surface area (Å²) in [5.41, 5.74) is 4.51. The summed E-state index contributed by atoms with van der Waals surface area (Å²) in [7, 11) is 2.10. The van der Waals surface area contributed by atoms with Gasteiger partial charge in [-0.25, -0.2) is 0 Å². The third kappa shape index (κ3) is 2.52. The number of hydrogen-bond donors (Lipinski definition) is 0. The largest absolute Gasteiger partial charge is 0.374 e. The fourth-order valence-corrected chi connectivity index (χ4v) is 3.06. The van der Waals surface area contributed by atoms with Gasteiger partial charge in [0.15, 0.2) is 5.78 Å². The van der Waals surface area contributed by atoms with Gasteiger partial charge >= 0.3 is 0 Å². The Labute approximate surface area is 122 Å². The maximum atomic E-state index is 12.5. The van der Waals surface area contributed by atoms with E-state index in [0.717, 1.165) is 24.2 Å². The molecule has 0 radical (unpaired) electrons. The molecule has 0 saturated carbocycles. The number of nitrogens with zero attached hydrogens (tertiary/aromatic N) is 1. The fourth-order valence-electron chi connectivity index (χ4n) is 3.06. The summed E-state index contributed by atoms with van der Waals surface area (Å²) in [5.74, 6) is 0.278. The van der Waals surface area contributed by atoms with Crippen molar-refractivity contribution in [3.8, 4) is 0 Å². The van der Waals surface area contributed by atoms with Crippen molar-refractivity contribution in [2.45, 2.75) is 40.5 Å². The summed E-state index contributed by atoms with van der Waals surface area (Å²) in [4.78, 5) is 14.8. The average Bonchev–Trinajstić information content (AvgIpc) is 2.41. The maximum absolute atomic E-state index is 12.5. The van der Waals surface area contributed by atoms with Crippen LogP contribution in [-0.2, 0) is 4.79 Å². The van der Waals surface area contributed by atoms with Gasteiger partial charge < -0.3 is 4.90 Å². The summed E-state index contributed by atoms with van der Waals surface area (Å²) in [6.45, 7) is 9.46. The molecular weight excluding hydrogens is 246 g/mol. The number of carbonyl (C=O) groups excluding carboxylic acids is 1. The van der Waals surface area contributed by atoms with E-state index < -0.39 is 0 Å². The summed E-state index contributed by atoms with van der Waals surface area (Å²) >= 11 is 0. The standard InChI is InChI=1S/C18H25NO/c1-6-15(20)16-17(14-10-8-7-9-13(14)2)19(5)12-11-18(16,3)4/h7-10H,6,11-12H2,1-5H3. The molecule has 0 saturated heterocycles. The number of ketones is 1. The van der Waals surface area contributed by atoms with Gasteiger partial charge in [-0.3, -0.25) is 4.79 Å². The molecule has 0 aliphatic carbocycles. The Balaban J connectivity index is 2.72. The van der Waals surface area contributed by atoms with Crippen LogP contribution in [0, 0.1) is 12.3 Å². The van der Waals surface area contributed by atoms with Gasteiger partial charge in [0.1, 0.15) is 0 Å². The van der Waals surface area contributed by atoms with E-state index in [1.165, 1.54) is 11.1 Å². The molecule has 2 heteroatoms. The molecule has 0 aromatic heterocycles. The Hall–Kier alpha value is -1.57. The van der Waals surface area contributed by atoms with Gasteiger partial charge in [0.25, 0.3) is 0 Å². The van der Waals surface area contributed by atoms with Crippen LogP contribution in [0.3, 0.4) is 0 Å². The number of allylic oxidation sites excluding steroid dienone is 1. The van der Waals surface area contributed by atoms with Crippen molar-refractivity contribution >= 4 is 11.5 Å². The highest BCUT2D eigenvalue weighted by molar-refractivity contribution is 6.03. The second kappa shape index (κ2) is 5.43. The molecule has 1 aliphatic heterocycles. The van der Waals surface area contributed by atoms with Crippen LogP contribution in [0.4, 0.5) is 0 Å². The molecule has 2 rings (SSSR count). The number of carbonyl (C=O) groups is 1. The topological polar surface area (TPSA) is 20.3 Å². The second-order valence-electron chi connectivity index (χ2n) is 6.37. The molecule has 0 atom stereocenters. The lowest BCUT2D eigenvalue weighted by molar-refractivity contribution is -0.116. The highest BCUT2D eigenvalue weighted by Crippen LogP contribution is 2.42. The lowest BCUT2D eigenvalue weighted by atomic mass is 9.73. The van der Waals surface area contributed by atoms with E-state index in [-0.39, 0.29) is 11.2 Å². The number of Topliss-reactive ketones (excluding diaryl/α,β-unsaturated/α-hetero) is 1. The first-order valence-electron chi connectivity index (χ1n) is 7.43. The van der Waals surface area contributed by atoms with Crippen molar-refractivity contribution < 1.29 is 4.79 Å². The minimum absolute atomic E-state index is 0.0444. The highest BCUT2D eigenvalue weighted by Gasteiger charge is 2.36. The van der Waals surface area contributed by atoms with Crippen molar-refractivity contribution in [3.63, 3.8) is 0 Å². The predicted octanol–water partition coefficient (Wildman–Crippen LogP) is 4.05. The normalized spacial score (nSPS) is 18.4. The van der Waals surface area contributed by atoms with E-state index >= 15 is 0 Å². The molecule has 0 N–H and O–H groups in total. The lowest BCUT2D eigenvalue weighted by Crippen LogP contribution is -2.36. The van der Waals surface area contributed by atoms with Crippen LogP contribution >= 0.6 is 0 Å². The zero-order chi connectivity index (χ0) is 14.9. The third-order valence-corrected chi connectivity index (χ3v) is 4.37. The molecule has 0 amide bonds. The first-order chi connectivity index (χ1) is 9.38. The van der Waals surface area contributed by atoms with Crippen LogP contribution in [0.5, 0.6) is 0 Å². The fraction of sp³-hybridized carbons (Fsp3) is 0.500. The Morgan fingerprint density at radius 1 is 1.30 bits per heavy atom. The van der Waals surface area contributed by atoms with Crippen LogP contribution in [0.25, 0.3) is 5.70 Å². The van der Waals surface area contributed by atoms with Crippen molar-refractivity contribution in [3.05, 3.63) is 41.0 Å². The maximum Gasteiger partial charge on any atom is 0.161 e. The molecule has 0 bridgehead atoms. The predicted molar refractivity (Wildman–Crippen MR) is 84.4 cm³/mol. The first kappa shape index (κ1) is 14.8. The zero-order valence-corrected chi connectivity index (χ0v) is 13.3. The van der Waals surface area contributed by atoms with E-state index in [9.17, 15) is 4.79 Å². The van der Waals surface area contributed by atoms with E-state index in [2.05, 4.69) is 57.0 Å². The molecule has 0 spiro atoms. The smallest absolute Gasteiger partial charge is 0.161 e. The average molecular weight is 271 g/mol. The minimum Gasteiger partial charge on any atom is -0.374 e. The van der Waals surface area contributed by atoms with Gasteiger partial charge in [-0.15, -0.1) is 0 Å². The van der Waals surface area contributed by atoms with Crippen LogP contribution in [0.1, 0.15) is 44.7 Å². The van der Waals surface area contributed by atoms with Gasteiger partial charge in [0.05, 0.1) is 5.70 Å². The van der Waals surface area contributed by atoms with Crippen LogP contribution in [-0.4, -0.2) is 24.3 Å². The Kier molecular flexibility index (Phi) is 4.03. The monoisotopic (exact) mass is 271 g/mol. The van der Waals surface area contributed by atoms with Crippen LogP contribution in [0.15, 0.2) is 29.8 Å². The molecule has 1 aromatic rings. The van der Waals surface area contributed by atoms with Crippen LogP contribution < -0.4 is 0 Å². The minimum atomic E-state index is -0.0444. The summed E-state index contributed by atoms with van der Waals surface area (Å²) in [6, 6.07) is 8.35. The molecule has 0 unspecified atom stereocenters. The Morgan fingerprint density at radius 3 is 2.55 bits per heavy atom. The van der Waals surface area contributed by atoms with Gasteiger partial charge in [-0.05, 0) is 24.3 Å². The van der Waals surface area contributed by atoms with E-state index in [4.69, 9.17) is 0 Å². The van der Waals surface area contributed by atoms with Gasteiger partial charge in [0, 0.05) is 31.1 Å². The number of rotatable bonds is 3. The number of hydrogen-bond acceptors (Lipinski definition) is 2. The van der Waals surface area contributed by atoms with Crippen molar-refractivity contribution in [1.29, 1.82) is 0 Å². The van der Waals surface area contributed by atoms with E-state index in [1.807, 2.05) is 6.92 Å². The lowest BCUT2D eigenvalue weighted by Gasteiger charge is -2.40. The zero-order valence-electron chi connectivity index (χ0n) is 13.3. The highest BCUT2D eigenvalue weighted by atomic mass is 16.1. The van der Waals surface area contributed by atoms with Crippen LogP contribution in [0.2, 0.25) is 0 Å². The summed E-state index contributed by atoms with van der Waals surface area (Å²) < 4.78 is 0. The van der Waals surface area contributed by atoms with Crippen molar-refractivity contribution in [2.75, 3.05) is 13.6 Å². The van der Waals surface area contributed by atoms with E-state index in [1.54, 1.807) is 0 Å². The van der Waals surface area contributed by atoms with E-state index in [0.29, 0.717) is 6.42 Å². The third-order valence-electron chi connectivity index (χ3n) is 4.37. The number of aryl methyl sites for hydroxylation is 1. The summed E-state index contributed by atoms with van der Waals surface area (Å²) in [5, 5.41) is 0. The van der Waals surface area contributed by atoms with Gasteiger partial charge in [-0.1, -0.05) is 45.0 Å². The molecule has 1 heterocycles. The molecule has 2 nitrogen and oxygen atoms in total. The molecule has 20 heavy (non-hydrogen) atoms. The van der Waals surface area contributed by atoms with Gasteiger partial charge in [-0.2, -0.15) is 0 Å². The molecule has 1 aromatic carbocycles. The Morgan fingerprint density at radius 2 is 1.95 bits per heavy atom. The quantitative estimate of drug-likeness (QED) is 0.826.